The highest BCUT2D eigenvalue weighted by molar-refractivity contribution is 7.10. The van der Waals surface area contributed by atoms with Crippen LogP contribution in [0.15, 0.2) is 60.0 Å². The molecule has 0 bridgehead atoms. The predicted octanol–water partition coefficient (Wildman–Crippen LogP) is 4.99. The average Bonchev–Trinajstić information content (AvgIpc) is 3.13. The molecular weight excluding hydrogens is 340 g/mol. The predicted molar refractivity (Wildman–Crippen MR) is 110 cm³/mol. The van der Waals surface area contributed by atoms with E-state index >= 15 is 0 Å². The smallest absolute Gasteiger partial charge is 0.238 e. The number of carbonyl (C=O) groups excluding carboxylic acids is 1. The lowest BCUT2D eigenvalue weighted by Crippen LogP contribution is -2.31. The van der Waals surface area contributed by atoms with Gasteiger partial charge in [0.1, 0.15) is 0 Å². The number of aryl methyl sites for hydroxylation is 3. The summed E-state index contributed by atoms with van der Waals surface area (Å²) >= 11 is 1.69. The molecule has 2 N–H and O–H groups in total. The van der Waals surface area contributed by atoms with Gasteiger partial charge in [-0.1, -0.05) is 54.1 Å². The summed E-state index contributed by atoms with van der Waals surface area (Å²) in [6.45, 7) is 6.38. The zero-order valence-electron chi connectivity index (χ0n) is 15.4. The van der Waals surface area contributed by atoms with Gasteiger partial charge in [0.2, 0.25) is 5.91 Å². The summed E-state index contributed by atoms with van der Waals surface area (Å²) in [4.78, 5) is 13.7. The number of rotatable bonds is 6. The van der Waals surface area contributed by atoms with Crippen LogP contribution in [0.1, 0.15) is 33.2 Å². The molecule has 3 aromatic rings. The van der Waals surface area contributed by atoms with Gasteiger partial charge >= 0.3 is 0 Å². The van der Waals surface area contributed by atoms with E-state index in [4.69, 9.17) is 0 Å². The molecule has 0 saturated carbocycles. The van der Waals surface area contributed by atoms with Crippen LogP contribution in [-0.2, 0) is 4.79 Å². The second-order valence-corrected chi connectivity index (χ2v) is 7.54. The molecule has 1 atom stereocenters. The first-order valence-electron chi connectivity index (χ1n) is 8.74. The van der Waals surface area contributed by atoms with Crippen LogP contribution in [-0.4, -0.2) is 12.5 Å². The second kappa shape index (κ2) is 8.30. The summed E-state index contributed by atoms with van der Waals surface area (Å²) < 4.78 is 0. The molecule has 0 aliphatic heterocycles. The molecule has 3 nitrogen and oxygen atoms in total. The number of nitrogens with one attached hydrogen (secondary N) is 2. The van der Waals surface area contributed by atoms with Crippen molar-refractivity contribution in [3.63, 3.8) is 0 Å². The SMILES string of the molecule is Cc1cc(C)c(NC(=O)CN[C@@H](c2ccccc2)c2cccs2)c(C)c1. The van der Waals surface area contributed by atoms with Crippen molar-refractivity contribution in [2.24, 2.45) is 0 Å². The van der Waals surface area contributed by atoms with E-state index in [2.05, 4.69) is 53.3 Å². The highest BCUT2D eigenvalue weighted by Crippen LogP contribution is 2.26. The van der Waals surface area contributed by atoms with Crippen LogP contribution in [0.2, 0.25) is 0 Å². The molecule has 1 aromatic heterocycles. The van der Waals surface area contributed by atoms with Crippen LogP contribution in [0.3, 0.4) is 0 Å². The van der Waals surface area contributed by atoms with Gasteiger partial charge < -0.3 is 5.32 Å². The largest absolute Gasteiger partial charge is 0.324 e. The average molecular weight is 365 g/mol. The number of hydrogen-bond acceptors (Lipinski definition) is 3. The lowest BCUT2D eigenvalue weighted by atomic mass is 10.0. The Labute approximate surface area is 159 Å². The molecular formula is C22H24N2OS. The lowest BCUT2D eigenvalue weighted by molar-refractivity contribution is -0.115. The highest BCUT2D eigenvalue weighted by Gasteiger charge is 2.16. The maximum Gasteiger partial charge on any atom is 0.238 e. The second-order valence-electron chi connectivity index (χ2n) is 6.56. The van der Waals surface area contributed by atoms with Gasteiger partial charge in [0.15, 0.2) is 0 Å². The van der Waals surface area contributed by atoms with Crippen LogP contribution in [0.5, 0.6) is 0 Å². The van der Waals surface area contributed by atoms with Crippen LogP contribution in [0.4, 0.5) is 5.69 Å². The van der Waals surface area contributed by atoms with Crippen LogP contribution in [0.25, 0.3) is 0 Å². The third-order valence-corrected chi connectivity index (χ3v) is 5.31. The molecule has 1 heterocycles. The van der Waals surface area contributed by atoms with Crippen molar-refractivity contribution in [3.8, 4) is 0 Å². The molecule has 26 heavy (non-hydrogen) atoms. The Morgan fingerprint density at radius 3 is 2.31 bits per heavy atom. The zero-order valence-corrected chi connectivity index (χ0v) is 16.2. The van der Waals surface area contributed by atoms with E-state index in [1.807, 2.05) is 38.1 Å². The van der Waals surface area contributed by atoms with Gasteiger partial charge in [0.05, 0.1) is 12.6 Å². The normalized spacial score (nSPS) is 12.0. The maximum atomic E-state index is 12.5. The van der Waals surface area contributed by atoms with Gasteiger partial charge in [0.25, 0.3) is 0 Å². The third-order valence-electron chi connectivity index (χ3n) is 4.37. The molecule has 0 unspecified atom stereocenters. The first kappa shape index (κ1) is 18.4. The molecule has 0 aliphatic rings. The highest BCUT2D eigenvalue weighted by atomic mass is 32.1. The minimum absolute atomic E-state index is 0.0159. The lowest BCUT2D eigenvalue weighted by Gasteiger charge is -2.19. The number of carbonyl (C=O) groups is 1. The number of amides is 1. The van der Waals surface area contributed by atoms with Gasteiger partial charge in [-0.15, -0.1) is 11.3 Å². The van der Waals surface area contributed by atoms with Crippen LogP contribution >= 0.6 is 11.3 Å². The maximum absolute atomic E-state index is 12.5. The van der Waals surface area contributed by atoms with Crippen molar-refractivity contribution in [2.45, 2.75) is 26.8 Å². The van der Waals surface area contributed by atoms with E-state index < -0.39 is 0 Å². The van der Waals surface area contributed by atoms with Crippen molar-refractivity contribution >= 4 is 22.9 Å². The van der Waals surface area contributed by atoms with E-state index in [1.54, 1.807) is 11.3 Å². The molecule has 0 radical (unpaired) electrons. The molecule has 3 rings (SSSR count). The minimum Gasteiger partial charge on any atom is -0.324 e. The van der Waals surface area contributed by atoms with Crippen molar-refractivity contribution in [2.75, 3.05) is 11.9 Å². The zero-order chi connectivity index (χ0) is 18.5. The summed E-state index contributed by atoms with van der Waals surface area (Å²) in [6.07, 6.45) is 0. The molecule has 2 aromatic carbocycles. The Morgan fingerprint density at radius 2 is 1.69 bits per heavy atom. The fourth-order valence-corrected chi connectivity index (χ4v) is 4.07. The topological polar surface area (TPSA) is 41.1 Å². The van der Waals surface area contributed by atoms with Gasteiger partial charge in [-0.25, -0.2) is 0 Å². The van der Waals surface area contributed by atoms with Crippen LogP contribution in [0, 0.1) is 20.8 Å². The van der Waals surface area contributed by atoms with Crippen molar-refractivity contribution in [3.05, 3.63) is 87.1 Å². The van der Waals surface area contributed by atoms with Crippen molar-refractivity contribution < 1.29 is 4.79 Å². The Balaban J connectivity index is 1.71. The first-order chi connectivity index (χ1) is 12.5. The van der Waals surface area contributed by atoms with Gasteiger partial charge in [-0.3, -0.25) is 10.1 Å². The van der Waals surface area contributed by atoms with Crippen LogP contribution < -0.4 is 10.6 Å². The Morgan fingerprint density at radius 1 is 1.00 bits per heavy atom. The number of benzene rings is 2. The Bertz CT molecular complexity index is 849. The van der Waals surface area contributed by atoms with E-state index in [1.165, 1.54) is 10.4 Å². The molecule has 0 aliphatic carbocycles. The minimum atomic E-state index is -0.0301. The number of hydrogen-bond donors (Lipinski definition) is 2. The summed E-state index contributed by atoms with van der Waals surface area (Å²) in [5.41, 5.74) is 5.46. The Hall–Kier alpha value is -2.43. The van der Waals surface area contributed by atoms with E-state index in [9.17, 15) is 4.79 Å². The fraction of sp³-hybridized carbons (Fsp3) is 0.227. The van der Waals surface area contributed by atoms with E-state index in [0.29, 0.717) is 0 Å². The molecule has 1 amide bonds. The molecule has 0 spiro atoms. The summed E-state index contributed by atoms with van der Waals surface area (Å²) in [6, 6.07) is 18.6. The monoisotopic (exact) mass is 364 g/mol. The van der Waals surface area contributed by atoms with Crippen molar-refractivity contribution in [1.82, 2.24) is 5.32 Å². The third kappa shape index (κ3) is 4.40. The van der Waals surface area contributed by atoms with E-state index in [-0.39, 0.29) is 18.5 Å². The number of anilines is 1. The summed E-state index contributed by atoms with van der Waals surface area (Å²) in [7, 11) is 0. The summed E-state index contributed by atoms with van der Waals surface area (Å²) in [5, 5.41) is 8.53. The quantitative estimate of drug-likeness (QED) is 0.647. The fourth-order valence-electron chi connectivity index (χ4n) is 3.24. The first-order valence-corrected chi connectivity index (χ1v) is 9.62. The Kier molecular flexibility index (Phi) is 5.86. The van der Waals surface area contributed by atoms with Gasteiger partial charge in [0, 0.05) is 10.6 Å². The molecule has 0 saturated heterocycles. The van der Waals surface area contributed by atoms with Gasteiger partial charge in [-0.2, -0.15) is 0 Å². The number of thiophene rings is 1. The molecule has 0 fully saturated rings. The molecule has 134 valence electrons. The van der Waals surface area contributed by atoms with E-state index in [0.717, 1.165) is 22.4 Å². The standard InChI is InChI=1S/C22H24N2OS/c1-15-12-16(2)21(17(3)13-15)24-20(25)14-23-22(19-10-7-11-26-19)18-8-5-4-6-9-18/h4-13,22-23H,14H2,1-3H3,(H,24,25)/t22-/m0/s1. The summed E-state index contributed by atoms with van der Waals surface area (Å²) in [5.74, 6) is -0.0301. The van der Waals surface area contributed by atoms with Gasteiger partial charge in [-0.05, 0) is 48.9 Å². The molecule has 4 heteroatoms. The van der Waals surface area contributed by atoms with Crippen molar-refractivity contribution in [1.29, 1.82) is 0 Å².